The maximum Gasteiger partial charge on any atom is 0.155 e. The second kappa shape index (κ2) is 4.73. The molecule has 1 aliphatic carbocycles. The standard InChI is InChI=1S/C13H20O2/c1-4-11(14)7-9-13(3)8-5-6-10(2)12(13)15/h7,9-10H,4-6,8H2,1-3H3/b9-7+/t10-,13-/m0/s1. The molecule has 0 saturated heterocycles. The highest BCUT2D eigenvalue weighted by Gasteiger charge is 2.36. The van der Waals surface area contributed by atoms with Crippen LogP contribution in [0.5, 0.6) is 0 Å². The van der Waals surface area contributed by atoms with Gasteiger partial charge in [-0.3, -0.25) is 9.59 Å². The van der Waals surface area contributed by atoms with E-state index < -0.39 is 5.41 Å². The average molecular weight is 208 g/mol. The van der Waals surface area contributed by atoms with Crippen LogP contribution in [-0.4, -0.2) is 11.6 Å². The maximum absolute atomic E-state index is 12.0. The first-order valence-electron chi connectivity index (χ1n) is 5.76. The van der Waals surface area contributed by atoms with E-state index in [1.165, 1.54) is 0 Å². The summed E-state index contributed by atoms with van der Waals surface area (Å²) in [6.45, 7) is 5.76. The minimum absolute atomic E-state index is 0.0993. The SMILES string of the molecule is CCC(=O)/C=C/[C@]1(C)CCC[C@H](C)C1=O. The molecule has 0 amide bonds. The fourth-order valence-corrected chi connectivity index (χ4v) is 2.15. The lowest BCUT2D eigenvalue weighted by Gasteiger charge is -2.32. The highest BCUT2D eigenvalue weighted by atomic mass is 16.1. The molecule has 15 heavy (non-hydrogen) atoms. The van der Waals surface area contributed by atoms with Crippen LogP contribution in [0.25, 0.3) is 0 Å². The molecule has 1 saturated carbocycles. The smallest absolute Gasteiger partial charge is 0.155 e. The van der Waals surface area contributed by atoms with E-state index in [1.807, 2.05) is 26.8 Å². The van der Waals surface area contributed by atoms with E-state index in [1.54, 1.807) is 6.08 Å². The van der Waals surface area contributed by atoms with Gasteiger partial charge in [-0.1, -0.05) is 26.3 Å². The number of ketones is 2. The second-order valence-electron chi connectivity index (χ2n) is 4.73. The first kappa shape index (κ1) is 12.2. The molecule has 84 valence electrons. The van der Waals surface area contributed by atoms with E-state index in [4.69, 9.17) is 0 Å². The van der Waals surface area contributed by atoms with Gasteiger partial charge in [-0.2, -0.15) is 0 Å². The van der Waals surface area contributed by atoms with Crippen molar-refractivity contribution in [3.05, 3.63) is 12.2 Å². The third kappa shape index (κ3) is 2.77. The summed E-state index contributed by atoms with van der Waals surface area (Å²) in [4.78, 5) is 23.2. The molecule has 0 spiro atoms. The van der Waals surface area contributed by atoms with Crippen molar-refractivity contribution in [2.24, 2.45) is 11.3 Å². The molecule has 0 N–H and O–H groups in total. The lowest BCUT2D eigenvalue weighted by Crippen LogP contribution is -2.34. The Morgan fingerprint density at radius 1 is 1.60 bits per heavy atom. The Hall–Kier alpha value is -0.920. The molecule has 0 aromatic heterocycles. The number of allylic oxidation sites excluding steroid dienone is 2. The molecular formula is C13H20O2. The molecule has 1 rings (SSSR count). The van der Waals surface area contributed by atoms with Crippen molar-refractivity contribution in [3.8, 4) is 0 Å². The zero-order valence-electron chi connectivity index (χ0n) is 9.88. The molecule has 0 aromatic carbocycles. The summed E-state index contributed by atoms with van der Waals surface area (Å²) in [7, 11) is 0. The molecule has 2 heteroatoms. The van der Waals surface area contributed by atoms with Gasteiger partial charge >= 0.3 is 0 Å². The van der Waals surface area contributed by atoms with Crippen LogP contribution in [0.2, 0.25) is 0 Å². The summed E-state index contributed by atoms with van der Waals surface area (Å²) in [5.74, 6) is 0.529. The van der Waals surface area contributed by atoms with Crippen LogP contribution in [0.4, 0.5) is 0 Å². The van der Waals surface area contributed by atoms with Gasteiger partial charge in [-0.05, 0) is 25.8 Å². The lowest BCUT2D eigenvalue weighted by molar-refractivity contribution is -0.131. The Balaban J connectivity index is 2.76. The monoisotopic (exact) mass is 208 g/mol. The number of carbonyl (C=O) groups is 2. The van der Waals surface area contributed by atoms with Crippen molar-refractivity contribution >= 4 is 11.6 Å². The van der Waals surface area contributed by atoms with Crippen molar-refractivity contribution in [1.82, 2.24) is 0 Å². The van der Waals surface area contributed by atoms with Crippen LogP contribution in [0, 0.1) is 11.3 Å². The molecule has 2 atom stereocenters. The highest BCUT2D eigenvalue weighted by molar-refractivity contribution is 5.93. The van der Waals surface area contributed by atoms with Crippen LogP contribution >= 0.6 is 0 Å². The van der Waals surface area contributed by atoms with Crippen molar-refractivity contribution in [3.63, 3.8) is 0 Å². The first-order chi connectivity index (χ1) is 6.99. The molecule has 0 heterocycles. The average Bonchev–Trinajstić information content (AvgIpc) is 2.23. The zero-order valence-corrected chi connectivity index (χ0v) is 9.88. The third-order valence-electron chi connectivity index (χ3n) is 3.33. The summed E-state index contributed by atoms with van der Waals surface area (Å²) in [5.41, 5.74) is -0.400. The molecule has 0 aromatic rings. The Bertz CT molecular complexity index is 291. The summed E-state index contributed by atoms with van der Waals surface area (Å²) in [6, 6.07) is 0. The van der Waals surface area contributed by atoms with Crippen molar-refractivity contribution in [2.75, 3.05) is 0 Å². The number of hydrogen-bond acceptors (Lipinski definition) is 2. The third-order valence-corrected chi connectivity index (χ3v) is 3.33. The van der Waals surface area contributed by atoms with Crippen LogP contribution in [0.3, 0.4) is 0 Å². The van der Waals surface area contributed by atoms with Crippen molar-refractivity contribution in [2.45, 2.75) is 46.5 Å². The normalized spacial score (nSPS) is 32.2. The molecule has 0 bridgehead atoms. The number of Topliss-reactive ketones (excluding diaryl/α,β-unsaturated/α-hetero) is 1. The van der Waals surface area contributed by atoms with Crippen LogP contribution < -0.4 is 0 Å². The second-order valence-corrected chi connectivity index (χ2v) is 4.73. The Kier molecular flexibility index (Phi) is 3.83. The van der Waals surface area contributed by atoms with Gasteiger partial charge in [0.2, 0.25) is 0 Å². The van der Waals surface area contributed by atoms with E-state index in [0.29, 0.717) is 6.42 Å². The van der Waals surface area contributed by atoms with Gasteiger partial charge in [0.05, 0.1) is 0 Å². The predicted octanol–water partition coefficient (Wildman–Crippen LogP) is 2.92. The molecule has 2 nitrogen and oxygen atoms in total. The molecule has 1 aliphatic rings. The van der Waals surface area contributed by atoms with Crippen LogP contribution in [-0.2, 0) is 9.59 Å². The van der Waals surface area contributed by atoms with Crippen LogP contribution in [0.15, 0.2) is 12.2 Å². The van der Waals surface area contributed by atoms with Gasteiger partial charge in [0.25, 0.3) is 0 Å². The van der Waals surface area contributed by atoms with Crippen molar-refractivity contribution < 1.29 is 9.59 Å². The Labute approximate surface area is 91.7 Å². The number of rotatable bonds is 3. The van der Waals surface area contributed by atoms with E-state index >= 15 is 0 Å². The molecular weight excluding hydrogens is 188 g/mol. The highest BCUT2D eigenvalue weighted by Crippen LogP contribution is 2.36. The Morgan fingerprint density at radius 2 is 2.27 bits per heavy atom. The quantitative estimate of drug-likeness (QED) is 0.668. The minimum atomic E-state index is -0.400. The van der Waals surface area contributed by atoms with Gasteiger partial charge in [0, 0.05) is 17.8 Å². The molecule has 0 unspecified atom stereocenters. The summed E-state index contributed by atoms with van der Waals surface area (Å²) in [6.07, 6.45) is 6.85. The minimum Gasteiger partial charge on any atom is -0.298 e. The van der Waals surface area contributed by atoms with Gasteiger partial charge in [-0.25, -0.2) is 0 Å². The zero-order chi connectivity index (χ0) is 11.5. The summed E-state index contributed by atoms with van der Waals surface area (Å²) in [5, 5.41) is 0. The van der Waals surface area contributed by atoms with Gasteiger partial charge in [-0.15, -0.1) is 0 Å². The van der Waals surface area contributed by atoms with E-state index in [0.717, 1.165) is 19.3 Å². The fourth-order valence-electron chi connectivity index (χ4n) is 2.15. The van der Waals surface area contributed by atoms with Crippen molar-refractivity contribution in [1.29, 1.82) is 0 Å². The van der Waals surface area contributed by atoms with Gasteiger partial charge < -0.3 is 0 Å². The first-order valence-corrected chi connectivity index (χ1v) is 5.76. The Morgan fingerprint density at radius 3 is 2.87 bits per heavy atom. The fraction of sp³-hybridized carbons (Fsp3) is 0.692. The van der Waals surface area contributed by atoms with E-state index in [9.17, 15) is 9.59 Å². The molecule has 0 radical (unpaired) electrons. The van der Waals surface area contributed by atoms with E-state index in [2.05, 4.69) is 0 Å². The van der Waals surface area contributed by atoms with Crippen LogP contribution in [0.1, 0.15) is 46.5 Å². The summed E-state index contributed by atoms with van der Waals surface area (Å²) >= 11 is 0. The van der Waals surface area contributed by atoms with E-state index in [-0.39, 0.29) is 17.5 Å². The largest absolute Gasteiger partial charge is 0.298 e. The topological polar surface area (TPSA) is 34.1 Å². The molecule has 1 fully saturated rings. The molecule has 0 aliphatic heterocycles. The number of hydrogen-bond donors (Lipinski definition) is 0. The predicted molar refractivity (Wildman–Crippen MR) is 60.6 cm³/mol. The lowest BCUT2D eigenvalue weighted by atomic mass is 9.70. The van der Waals surface area contributed by atoms with Gasteiger partial charge in [0.1, 0.15) is 5.78 Å². The summed E-state index contributed by atoms with van der Waals surface area (Å²) < 4.78 is 0. The number of carbonyl (C=O) groups excluding carboxylic acids is 2. The maximum atomic E-state index is 12.0. The van der Waals surface area contributed by atoms with Gasteiger partial charge in [0.15, 0.2) is 5.78 Å².